The molecule has 1 N–H and O–H groups in total. The van der Waals surface area contributed by atoms with E-state index in [0.717, 1.165) is 18.9 Å². The van der Waals surface area contributed by atoms with Crippen molar-refractivity contribution >= 4 is 15.9 Å². The summed E-state index contributed by atoms with van der Waals surface area (Å²) in [6.45, 7) is 12.5. The number of nitrogens with one attached hydrogen (secondary N) is 1. The van der Waals surface area contributed by atoms with E-state index in [2.05, 4.69) is 80.1 Å². The average Bonchev–Trinajstić information content (AvgIpc) is 2.37. The molecule has 0 aliphatic carbocycles. The highest BCUT2D eigenvalue weighted by atomic mass is 79.9. The van der Waals surface area contributed by atoms with Crippen molar-refractivity contribution < 1.29 is 0 Å². The molecule has 0 aliphatic heterocycles. The van der Waals surface area contributed by atoms with Gasteiger partial charge in [-0.3, -0.25) is 0 Å². The molecule has 21 heavy (non-hydrogen) atoms. The van der Waals surface area contributed by atoms with Gasteiger partial charge in [-0.15, -0.1) is 0 Å². The summed E-state index contributed by atoms with van der Waals surface area (Å²) in [7, 11) is 0. The number of benzene rings is 1. The van der Waals surface area contributed by atoms with Crippen LogP contribution < -0.4 is 5.32 Å². The molecule has 1 nitrogen and oxygen atoms in total. The molecule has 0 bridgehead atoms. The molecule has 0 fully saturated rings. The standard InChI is InChI=1S/C19H32BrN/c1-15(2)9-8-10-16(14-21-19(3,4)5)13-17-11-6-7-12-18(17)20/h6-7,11-12,15-16,21H,8-10,13-14H2,1-5H3. The maximum Gasteiger partial charge on any atom is 0.0207 e. The Bertz CT molecular complexity index is 406. The fraction of sp³-hybridized carbons (Fsp3) is 0.684. The van der Waals surface area contributed by atoms with Gasteiger partial charge in [0.25, 0.3) is 0 Å². The zero-order chi connectivity index (χ0) is 15.9. The Morgan fingerprint density at radius 1 is 1.10 bits per heavy atom. The van der Waals surface area contributed by atoms with Crippen LogP contribution in [0.25, 0.3) is 0 Å². The lowest BCUT2D eigenvalue weighted by atomic mass is 9.91. The normalized spacial score (nSPS) is 13.7. The first-order valence-electron chi connectivity index (χ1n) is 8.26. The van der Waals surface area contributed by atoms with Gasteiger partial charge in [0, 0.05) is 10.0 Å². The lowest BCUT2D eigenvalue weighted by Crippen LogP contribution is -2.39. The summed E-state index contributed by atoms with van der Waals surface area (Å²) in [6, 6.07) is 8.63. The molecule has 0 aromatic heterocycles. The molecule has 0 amide bonds. The molecule has 0 heterocycles. The van der Waals surface area contributed by atoms with Crippen LogP contribution in [-0.4, -0.2) is 12.1 Å². The highest BCUT2D eigenvalue weighted by molar-refractivity contribution is 9.10. The van der Waals surface area contributed by atoms with Crippen LogP contribution in [0.3, 0.4) is 0 Å². The molecule has 0 saturated heterocycles. The van der Waals surface area contributed by atoms with Crippen molar-refractivity contribution in [3.63, 3.8) is 0 Å². The van der Waals surface area contributed by atoms with E-state index in [9.17, 15) is 0 Å². The van der Waals surface area contributed by atoms with Gasteiger partial charge < -0.3 is 5.32 Å². The van der Waals surface area contributed by atoms with Gasteiger partial charge in [-0.2, -0.15) is 0 Å². The Balaban J connectivity index is 2.60. The van der Waals surface area contributed by atoms with Crippen LogP contribution in [0.4, 0.5) is 0 Å². The van der Waals surface area contributed by atoms with Crippen molar-refractivity contribution in [2.24, 2.45) is 11.8 Å². The van der Waals surface area contributed by atoms with Crippen molar-refractivity contribution in [2.75, 3.05) is 6.54 Å². The second-order valence-electron chi connectivity index (χ2n) is 7.62. The molecule has 1 aromatic rings. The average molecular weight is 354 g/mol. The number of rotatable bonds is 8. The van der Waals surface area contributed by atoms with Crippen LogP contribution in [0.15, 0.2) is 28.7 Å². The van der Waals surface area contributed by atoms with Gasteiger partial charge in [0.2, 0.25) is 0 Å². The molecule has 0 radical (unpaired) electrons. The van der Waals surface area contributed by atoms with Crippen LogP contribution in [0.2, 0.25) is 0 Å². The number of hydrogen-bond acceptors (Lipinski definition) is 1. The summed E-state index contributed by atoms with van der Waals surface area (Å²) in [4.78, 5) is 0. The third-order valence-corrected chi connectivity index (χ3v) is 4.55. The fourth-order valence-electron chi connectivity index (χ4n) is 2.52. The maximum atomic E-state index is 3.69. The summed E-state index contributed by atoms with van der Waals surface area (Å²) >= 11 is 3.69. The summed E-state index contributed by atoms with van der Waals surface area (Å²) in [5.74, 6) is 1.52. The minimum absolute atomic E-state index is 0.199. The molecule has 1 atom stereocenters. The zero-order valence-corrected chi connectivity index (χ0v) is 16.0. The van der Waals surface area contributed by atoms with Crippen molar-refractivity contribution in [3.05, 3.63) is 34.3 Å². The zero-order valence-electron chi connectivity index (χ0n) is 14.4. The molecular weight excluding hydrogens is 322 g/mol. The molecule has 2 heteroatoms. The first-order valence-corrected chi connectivity index (χ1v) is 9.05. The molecule has 0 saturated carbocycles. The van der Waals surface area contributed by atoms with Gasteiger partial charge >= 0.3 is 0 Å². The fourth-order valence-corrected chi connectivity index (χ4v) is 2.96. The molecular formula is C19H32BrN. The molecule has 0 aliphatic rings. The second kappa shape index (κ2) is 8.95. The van der Waals surface area contributed by atoms with E-state index in [1.54, 1.807) is 0 Å². The predicted molar refractivity (Wildman–Crippen MR) is 97.8 cm³/mol. The summed E-state index contributed by atoms with van der Waals surface area (Å²) in [5, 5.41) is 3.68. The second-order valence-corrected chi connectivity index (χ2v) is 8.47. The summed E-state index contributed by atoms with van der Waals surface area (Å²) in [5.41, 5.74) is 1.63. The highest BCUT2D eigenvalue weighted by Crippen LogP contribution is 2.23. The first-order chi connectivity index (χ1) is 9.78. The van der Waals surface area contributed by atoms with Crippen LogP contribution in [0.5, 0.6) is 0 Å². The maximum absolute atomic E-state index is 3.69. The summed E-state index contributed by atoms with van der Waals surface area (Å²) < 4.78 is 1.25. The van der Waals surface area contributed by atoms with E-state index < -0.39 is 0 Å². The lowest BCUT2D eigenvalue weighted by molar-refractivity contribution is 0.344. The largest absolute Gasteiger partial charge is 0.312 e. The molecule has 1 rings (SSSR count). The van der Waals surface area contributed by atoms with Crippen molar-refractivity contribution in [3.8, 4) is 0 Å². The molecule has 0 spiro atoms. The van der Waals surface area contributed by atoms with E-state index >= 15 is 0 Å². The van der Waals surface area contributed by atoms with Gasteiger partial charge in [0.15, 0.2) is 0 Å². The Morgan fingerprint density at radius 2 is 1.76 bits per heavy atom. The third-order valence-electron chi connectivity index (χ3n) is 3.78. The number of halogens is 1. The Hall–Kier alpha value is -0.340. The van der Waals surface area contributed by atoms with E-state index in [1.807, 2.05) is 0 Å². The Kier molecular flexibility index (Phi) is 7.97. The Labute approximate surface area is 140 Å². The van der Waals surface area contributed by atoms with Gasteiger partial charge in [-0.1, -0.05) is 60.8 Å². The van der Waals surface area contributed by atoms with Crippen molar-refractivity contribution in [1.82, 2.24) is 5.32 Å². The highest BCUT2D eigenvalue weighted by Gasteiger charge is 2.16. The smallest absolute Gasteiger partial charge is 0.0207 e. The van der Waals surface area contributed by atoms with E-state index in [-0.39, 0.29) is 5.54 Å². The van der Waals surface area contributed by atoms with Crippen LogP contribution in [0.1, 0.15) is 59.4 Å². The van der Waals surface area contributed by atoms with Crippen molar-refractivity contribution in [2.45, 2.75) is 65.8 Å². The summed E-state index contributed by atoms with van der Waals surface area (Å²) in [6.07, 6.45) is 5.13. The minimum atomic E-state index is 0.199. The minimum Gasteiger partial charge on any atom is -0.312 e. The van der Waals surface area contributed by atoms with Crippen LogP contribution >= 0.6 is 15.9 Å². The monoisotopic (exact) mass is 353 g/mol. The lowest BCUT2D eigenvalue weighted by Gasteiger charge is -2.26. The number of hydrogen-bond donors (Lipinski definition) is 1. The Morgan fingerprint density at radius 3 is 2.33 bits per heavy atom. The van der Waals surface area contributed by atoms with Gasteiger partial charge in [0.1, 0.15) is 0 Å². The topological polar surface area (TPSA) is 12.0 Å². The first kappa shape index (κ1) is 18.7. The molecule has 120 valence electrons. The SMILES string of the molecule is CC(C)CCCC(CNC(C)(C)C)Cc1ccccc1Br. The van der Waals surface area contributed by atoms with Crippen molar-refractivity contribution in [1.29, 1.82) is 0 Å². The quantitative estimate of drug-likeness (QED) is 0.620. The predicted octanol–water partition coefficient (Wildman–Crippen LogP) is 5.82. The van der Waals surface area contributed by atoms with E-state index in [0.29, 0.717) is 5.92 Å². The molecule has 1 aromatic carbocycles. The van der Waals surface area contributed by atoms with Crippen LogP contribution in [-0.2, 0) is 6.42 Å². The van der Waals surface area contributed by atoms with E-state index in [4.69, 9.17) is 0 Å². The van der Waals surface area contributed by atoms with E-state index in [1.165, 1.54) is 29.3 Å². The molecule has 1 unspecified atom stereocenters. The van der Waals surface area contributed by atoms with Gasteiger partial charge in [0.05, 0.1) is 0 Å². The van der Waals surface area contributed by atoms with Gasteiger partial charge in [-0.25, -0.2) is 0 Å². The third kappa shape index (κ3) is 8.63. The van der Waals surface area contributed by atoms with Crippen LogP contribution in [0, 0.1) is 11.8 Å². The van der Waals surface area contributed by atoms with Gasteiger partial charge in [-0.05, 0) is 63.6 Å².